The van der Waals surface area contributed by atoms with Crippen LogP contribution in [0.15, 0.2) is 48.5 Å². The molecule has 0 aliphatic carbocycles. The predicted octanol–water partition coefficient (Wildman–Crippen LogP) is 3.87. The summed E-state index contributed by atoms with van der Waals surface area (Å²) in [5, 5.41) is 12.2. The highest BCUT2D eigenvalue weighted by Gasteiger charge is 2.14. The first-order valence-electron chi connectivity index (χ1n) is 8.00. The average Bonchev–Trinajstić information content (AvgIpc) is 2.53. The fourth-order valence-corrected chi connectivity index (χ4v) is 2.85. The van der Waals surface area contributed by atoms with E-state index < -0.39 is 5.97 Å². The average molecular weight is 318 g/mol. The maximum atomic E-state index is 11.6. The van der Waals surface area contributed by atoms with Crippen molar-refractivity contribution in [3.05, 3.63) is 65.2 Å². The molecule has 1 aromatic heterocycles. The molecular weight excluding hydrogens is 298 g/mol. The van der Waals surface area contributed by atoms with Crippen molar-refractivity contribution in [2.24, 2.45) is 0 Å². The Hall–Kier alpha value is -2.68. The zero-order chi connectivity index (χ0) is 17.5. The minimum atomic E-state index is -1.18. The minimum Gasteiger partial charge on any atom is -0.545 e. The zero-order valence-electron chi connectivity index (χ0n) is 14.4. The number of aromatic carboxylic acids is 1. The first-order chi connectivity index (χ1) is 11.3. The highest BCUT2D eigenvalue weighted by atomic mass is 16.4. The molecular formula is C21H20NO2-. The van der Waals surface area contributed by atoms with Gasteiger partial charge in [-0.3, -0.25) is 0 Å². The van der Waals surface area contributed by atoms with Crippen LogP contribution in [0, 0.1) is 6.92 Å². The van der Waals surface area contributed by atoms with E-state index >= 15 is 0 Å². The van der Waals surface area contributed by atoms with E-state index in [4.69, 9.17) is 0 Å². The predicted molar refractivity (Wildman–Crippen MR) is 94.9 cm³/mol. The molecule has 0 N–H and O–H groups in total. The van der Waals surface area contributed by atoms with Gasteiger partial charge in [-0.2, -0.15) is 0 Å². The number of aromatic nitrogens is 1. The summed E-state index contributed by atoms with van der Waals surface area (Å²) in [7, 11) is 0. The summed E-state index contributed by atoms with van der Waals surface area (Å²) < 4.78 is 0. The number of hydrogen-bond acceptors (Lipinski definition) is 3. The largest absolute Gasteiger partial charge is 0.545 e. The third kappa shape index (κ3) is 2.90. The van der Waals surface area contributed by atoms with E-state index in [0.29, 0.717) is 16.6 Å². The van der Waals surface area contributed by atoms with E-state index in [0.717, 1.165) is 11.1 Å². The molecule has 0 saturated carbocycles. The lowest BCUT2D eigenvalue weighted by atomic mass is 9.86. The van der Waals surface area contributed by atoms with Crippen LogP contribution in [0.2, 0.25) is 0 Å². The lowest BCUT2D eigenvalue weighted by molar-refractivity contribution is -0.254. The van der Waals surface area contributed by atoms with Gasteiger partial charge in [0.05, 0.1) is 17.2 Å². The van der Waals surface area contributed by atoms with Crippen LogP contribution in [0.1, 0.15) is 42.3 Å². The molecule has 0 saturated heterocycles. The molecule has 0 spiro atoms. The van der Waals surface area contributed by atoms with Gasteiger partial charge in [-0.15, -0.1) is 0 Å². The molecule has 0 amide bonds. The van der Waals surface area contributed by atoms with E-state index in [-0.39, 0.29) is 11.0 Å². The summed E-state index contributed by atoms with van der Waals surface area (Å²) in [6, 6.07) is 15.3. The van der Waals surface area contributed by atoms with Gasteiger partial charge in [-0.1, -0.05) is 63.2 Å². The van der Waals surface area contributed by atoms with E-state index in [1.807, 2.05) is 31.2 Å². The molecule has 0 atom stereocenters. The number of carboxylic acid groups (broad SMARTS) is 1. The summed E-state index contributed by atoms with van der Waals surface area (Å²) in [4.78, 5) is 16.2. The second kappa shape index (κ2) is 5.75. The molecule has 1 heterocycles. The molecule has 3 rings (SSSR count). The molecule has 0 aliphatic heterocycles. The van der Waals surface area contributed by atoms with Gasteiger partial charge >= 0.3 is 0 Å². The summed E-state index contributed by atoms with van der Waals surface area (Å²) in [5.74, 6) is -1.18. The molecule has 24 heavy (non-hydrogen) atoms. The number of fused-ring (bicyclic) bond motifs is 1. The Bertz CT molecular complexity index is 919. The fraction of sp³-hybridized carbons (Fsp3) is 0.238. The number of hydrogen-bond donors (Lipinski definition) is 0. The van der Waals surface area contributed by atoms with Crippen LogP contribution in [0.5, 0.6) is 0 Å². The van der Waals surface area contributed by atoms with E-state index in [1.165, 1.54) is 5.56 Å². The Labute approximate surface area is 142 Å². The molecule has 3 aromatic rings. The number of pyridine rings is 1. The van der Waals surface area contributed by atoms with E-state index in [1.54, 1.807) is 12.1 Å². The maximum absolute atomic E-state index is 11.6. The summed E-state index contributed by atoms with van der Waals surface area (Å²) in [6.45, 7) is 8.41. The molecule has 0 unspecified atom stereocenters. The second-order valence-corrected chi connectivity index (χ2v) is 7.14. The maximum Gasteiger partial charge on any atom is 0.0745 e. The number of aryl methyl sites for hydroxylation is 1. The Morgan fingerprint density at radius 1 is 1.04 bits per heavy atom. The number of rotatable bonds is 2. The van der Waals surface area contributed by atoms with Gasteiger partial charge < -0.3 is 9.90 Å². The molecule has 122 valence electrons. The Balaban J connectivity index is 2.20. The lowest BCUT2D eigenvalue weighted by Crippen LogP contribution is -2.22. The molecule has 0 aliphatic rings. The van der Waals surface area contributed by atoms with Crippen molar-refractivity contribution < 1.29 is 9.90 Å². The van der Waals surface area contributed by atoms with Crippen molar-refractivity contribution in [2.75, 3.05) is 0 Å². The number of nitrogens with zero attached hydrogens (tertiary/aromatic N) is 1. The molecule has 0 radical (unpaired) electrons. The van der Waals surface area contributed by atoms with Crippen LogP contribution in [0.25, 0.3) is 22.2 Å². The standard InChI is InChI=1S/C21H21NO2/c1-13-6-5-7-16-17(20(23)24)12-18(22-19(13)16)14-8-10-15(11-9-14)21(2,3)4/h5-12H,1-4H3,(H,23,24)/p-1. The van der Waals surface area contributed by atoms with Gasteiger partial charge in [0.25, 0.3) is 0 Å². The zero-order valence-corrected chi connectivity index (χ0v) is 14.4. The Morgan fingerprint density at radius 3 is 2.29 bits per heavy atom. The van der Waals surface area contributed by atoms with Gasteiger partial charge in [0.1, 0.15) is 0 Å². The molecule has 3 heteroatoms. The lowest BCUT2D eigenvalue weighted by Gasteiger charge is -2.19. The van der Waals surface area contributed by atoms with Crippen molar-refractivity contribution in [1.29, 1.82) is 0 Å². The van der Waals surface area contributed by atoms with Crippen molar-refractivity contribution in [3.63, 3.8) is 0 Å². The number of carbonyl (C=O) groups is 1. The molecule has 0 fully saturated rings. The SMILES string of the molecule is Cc1cccc2c(C(=O)[O-])cc(-c3ccc(C(C)(C)C)cc3)nc12. The topological polar surface area (TPSA) is 53.0 Å². The van der Waals surface area contributed by atoms with E-state index in [9.17, 15) is 9.90 Å². The van der Waals surface area contributed by atoms with Crippen molar-refractivity contribution >= 4 is 16.9 Å². The van der Waals surface area contributed by atoms with Crippen molar-refractivity contribution in [2.45, 2.75) is 33.1 Å². The van der Waals surface area contributed by atoms with Crippen molar-refractivity contribution in [3.8, 4) is 11.3 Å². The van der Waals surface area contributed by atoms with E-state index in [2.05, 4.69) is 37.9 Å². The van der Waals surface area contributed by atoms with Crippen LogP contribution in [-0.2, 0) is 5.41 Å². The highest BCUT2D eigenvalue weighted by molar-refractivity contribution is 6.03. The Morgan fingerprint density at radius 2 is 1.71 bits per heavy atom. The minimum absolute atomic E-state index is 0.0715. The third-order valence-electron chi connectivity index (χ3n) is 4.31. The van der Waals surface area contributed by atoms with Gasteiger partial charge in [0, 0.05) is 16.5 Å². The van der Waals surface area contributed by atoms with Gasteiger partial charge in [0.2, 0.25) is 0 Å². The summed E-state index contributed by atoms with van der Waals surface area (Å²) in [5.41, 5.74) is 4.67. The second-order valence-electron chi connectivity index (χ2n) is 7.14. The summed E-state index contributed by atoms with van der Waals surface area (Å²) >= 11 is 0. The van der Waals surface area contributed by atoms with Crippen molar-refractivity contribution in [1.82, 2.24) is 4.98 Å². The first kappa shape index (κ1) is 16.2. The molecule has 3 nitrogen and oxygen atoms in total. The fourth-order valence-electron chi connectivity index (χ4n) is 2.85. The quantitative estimate of drug-likeness (QED) is 0.720. The molecule has 2 aromatic carbocycles. The van der Waals surface area contributed by atoms with Crippen LogP contribution in [0.4, 0.5) is 0 Å². The highest BCUT2D eigenvalue weighted by Crippen LogP contribution is 2.29. The summed E-state index contributed by atoms with van der Waals surface area (Å²) in [6.07, 6.45) is 0. The normalized spacial score (nSPS) is 11.7. The number of benzene rings is 2. The van der Waals surface area contributed by atoms with Gasteiger partial charge in [-0.05, 0) is 29.5 Å². The van der Waals surface area contributed by atoms with Crippen LogP contribution >= 0.6 is 0 Å². The van der Waals surface area contributed by atoms with Crippen LogP contribution in [0.3, 0.4) is 0 Å². The number of carbonyl (C=O) groups excluding carboxylic acids is 1. The van der Waals surface area contributed by atoms with Gasteiger partial charge in [0.15, 0.2) is 0 Å². The monoisotopic (exact) mass is 318 g/mol. The number of carboxylic acids is 1. The van der Waals surface area contributed by atoms with Crippen LogP contribution < -0.4 is 5.11 Å². The first-order valence-corrected chi connectivity index (χ1v) is 8.00. The van der Waals surface area contributed by atoms with Crippen LogP contribution in [-0.4, -0.2) is 11.0 Å². The van der Waals surface area contributed by atoms with Gasteiger partial charge in [-0.25, -0.2) is 4.98 Å². The third-order valence-corrected chi connectivity index (χ3v) is 4.31. The molecule has 0 bridgehead atoms. The smallest absolute Gasteiger partial charge is 0.0745 e. The number of para-hydroxylation sites is 1. The Kier molecular flexibility index (Phi) is 3.88.